The summed E-state index contributed by atoms with van der Waals surface area (Å²) in [5.41, 5.74) is 0. The van der Waals surface area contributed by atoms with Crippen LogP contribution in [0.1, 0.15) is 19.8 Å². The van der Waals surface area contributed by atoms with E-state index in [1.165, 1.54) is 0 Å². The zero-order valence-electron chi connectivity index (χ0n) is 8.12. The van der Waals surface area contributed by atoms with Crippen LogP contribution in [0.2, 0.25) is 0 Å². The SMILES string of the molecule is CC(NCCO)C(=O)N1CCCC1. The molecule has 0 aromatic rings. The normalized spacial score (nSPS) is 19.1. The Morgan fingerprint density at radius 3 is 2.69 bits per heavy atom. The van der Waals surface area contributed by atoms with E-state index in [1.54, 1.807) is 0 Å². The zero-order chi connectivity index (χ0) is 9.68. The van der Waals surface area contributed by atoms with Crippen molar-refractivity contribution in [1.82, 2.24) is 10.2 Å². The fraction of sp³-hybridized carbons (Fsp3) is 0.889. The third-order valence-electron chi connectivity index (χ3n) is 2.35. The summed E-state index contributed by atoms with van der Waals surface area (Å²) in [6.45, 7) is 4.20. The summed E-state index contributed by atoms with van der Waals surface area (Å²) in [6.07, 6.45) is 2.25. The zero-order valence-corrected chi connectivity index (χ0v) is 8.12. The Bertz CT molecular complexity index is 167. The summed E-state index contributed by atoms with van der Waals surface area (Å²) in [5, 5.41) is 11.5. The summed E-state index contributed by atoms with van der Waals surface area (Å²) in [5.74, 6) is 0.158. The molecule has 76 valence electrons. The number of hydrogen-bond donors (Lipinski definition) is 2. The molecule has 1 amide bonds. The lowest BCUT2D eigenvalue weighted by molar-refractivity contribution is -0.131. The Labute approximate surface area is 78.9 Å². The first-order valence-corrected chi connectivity index (χ1v) is 4.88. The van der Waals surface area contributed by atoms with E-state index >= 15 is 0 Å². The van der Waals surface area contributed by atoms with Crippen molar-refractivity contribution in [3.63, 3.8) is 0 Å². The molecule has 0 radical (unpaired) electrons. The predicted molar refractivity (Wildman–Crippen MR) is 50.4 cm³/mol. The second-order valence-corrected chi connectivity index (χ2v) is 3.43. The summed E-state index contributed by atoms with van der Waals surface area (Å²) >= 11 is 0. The van der Waals surface area contributed by atoms with E-state index in [4.69, 9.17) is 5.11 Å². The van der Waals surface area contributed by atoms with Crippen LogP contribution in [0.25, 0.3) is 0 Å². The topological polar surface area (TPSA) is 52.6 Å². The van der Waals surface area contributed by atoms with Crippen LogP contribution in [-0.2, 0) is 4.79 Å². The first kappa shape index (κ1) is 10.5. The van der Waals surface area contributed by atoms with E-state index < -0.39 is 0 Å². The summed E-state index contributed by atoms with van der Waals surface area (Å²) < 4.78 is 0. The molecule has 1 unspecified atom stereocenters. The number of likely N-dealkylation sites (tertiary alicyclic amines) is 1. The lowest BCUT2D eigenvalue weighted by atomic mass is 10.3. The molecule has 0 aromatic heterocycles. The quantitative estimate of drug-likeness (QED) is 0.627. The van der Waals surface area contributed by atoms with Gasteiger partial charge in [-0.15, -0.1) is 0 Å². The van der Waals surface area contributed by atoms with Crippen LogP contribution in [0, 0.1) is 0 Å². The van der Waals surface area contributed by atoms with Crippen molar-refractivity contribution < 1.29 is 9.90 Å². The van der Waals surface area contributed by atoms with Crippen molar-refractivity contribution in [1.29, 1.82) is 0 Å². The van der Waals surface area contributed by atoms with Gasteiger partial charge in [-0.2, -0.15) is 0 Å². The maximum Gasteiger partial charge on any atom is 0.239 e. The van der Waals surface area contributed by atoms with Gasteiger partial charge in [0.15, 0.2) is 0 Å². The minimum absolute atomic E-state index is 0.0810. The number of amides is 1. The van der Waals surface area contributed by atoms with Crippen LogP contribution < -0.4 is 5.32 Å². The molecule has 0 bridgehead atoms. The fourth-order valence-electron chi connectivity index (χ4n) is 1.58. The second-order valence-electron chi connectivity index (χ2n) is 3.43. The van der Waals surface area contributed by atoms with Gasteiger partial charge in [0.25, 0.3) is 0 Å². The number of aliphatic hydroxyl groups is 1. The number of nitrogens with one attached hydrogen (secondary N) is 1. The van der Waals surface area contributed by atoms with Gasteiger partial charge in [-0.25, -0.2) is 0 Å². The molecule has 4 heteroatoms. The Morgan fingerprint density at radius 1 is 1.54 bits per heavy atom. The van der Waals surface area contributed by atoms with Crippen LogP contribution in [0.4, 0.5) is 0 Å². The van der Waals surface area contributed by atoms with Crippen LogP contribution in [0.15, 0.2) is 0 Å². The molecule has 0 aliphatic carbocycles. The van der Waals surface area contributed by atoms with Gasteiger partial charge < -0.3 is 15.3 Å². The smallest absolute Gasteiger partial charge is 0.239 e. The first-order chi connectivity index (χ1) is 6.25. The Morgan fingerprint density at radius 2 is 2.15 bits per heavy atom. The second kappa shape index (κ2) is 5.19. The third-order valence-corrected chi connectivity index (χ3v) is 2.35. The molecular formula is C9H18N2O2. The molecule has 1 rings (SSSR count). The van der Waals surface area contributed by atoms with Crippen LogP contribution in [0.5, 0.6) is 0 Å². The number of rotatable bonds is 4. The van der Waals surface area contributed by atoms with Crippen molar-refractivity contribution in [2.24, 2.45) is 0 Å². The average Bonchev–Trinajstić information content (AvgIpc) is 2.65. The molecule has 1 aliphatic heterocycles. The molecule has 13 heavy (non-hydrogen) atoms. The van der Waals surface area contributed by atoms with Gasteiger partial charge in [-0.05, 0) is 19.8 Å². The highest BCUT2D eigenvalue weighted by Gasteiger charge is 2.22. The summed E-state index contributed by atoms with van der Waals surface area (Å²) in [7, 11) is 0. The number of carbonyl (C=O) groups is 1. The molecule has 0 saturated carbocycles. The van der Waals surface area contributed by atoms with Crippen molar-refractivity contribution in [2.45, 2.75) is 25.8 Å². The molecule has 1 saturated heterocycles. The number of carbonyl (C=O) groups excluding carboxylic acids is 1. The first-order valence-electron chi connectivity index (χ1n) is 4.88. The van der Waals surface area contributed by atoms with Crippen LogP contribution >= 0.6 is 0 Å². The Hall–Kier alpha value is -0.610. The van der Waals surface area contributed by atoms with Crippen molar-refractivity contribution in [3.05, 3.63) is 0 Å². The van der Waals surface area contributed by atoms with Gasteiger partial charge in [0.2, 0.25) is 5.91 Å². The van der Waals surface area contributed by atoms with Crippen LogP contribution in [0.3, 0.4) is 0 Å². The molecule has 1 heterocycles. The lowest BCUT2D eigenvalue weighted by Gasteiger charge is -2.20. The molecule has 1 atom stereocenters. The van der Waals surface area contributed by atoms with E-state index in [0.717, 1.165) is 25.9 Å². The minimum atomic E-state index is -0.162. The predicted octanol–water partition coefficient (Wildman–Crippen LogP) is -0.421. The van der Waals surface area contributed by atoms with E-state index in [1.807, 2.05) is 11.8 Å². The maximum absolute atomic E-state index is 11.6. The molecular weight excluding hydrogens is 168 g/mol. The van der Waals surface area contributed by atoms with Gasteiger partial charge in [0.05, 0.1) is 12.6 Å². The largest absolute Gasteiger partial charge is 0.395 e. The summed E-state index contributed by atoms with van der Waals surface area (Å²) in [4.78, 5) is 13.5. The fourth-order valence-corrected chi connectivity index (χ4v) is 1.58. The molecule has 1 aliphatic rings. The van der Waals surface area contributed by atoms with Gasteiger partial charge in [-0.1, -0.05) is 0 Å². The summed E-state index contributed by atoms with van der Waals surface area (Å²) in [6, 6.07) is -0.162. The molecule has 2 N–H and O–H groups in total. The molecule has 0 spiro atoms. The molecule has 0 aromatic carbocycles. The molecule has 1 fully saturated rings. The third kappa shape index (κ3) is 2.97. The highest BCUT2D eigenvalue weighted by Crippen LogP contribution is 2.08. The van der Waals surface area contributed by atoms with Crippen LogP contribution in [-0.4, -0.2) is 48.2 Å². The maximum atomic E-state index is 11.6. The minimum Gasteiger partial charge on any atom is -0.395 e. The van der Waals surface area contributed by atoms with Gasteiger partial charge in [0.1, 0.15) is 0 Å². The molecule has 4 nitrogen and oxygen atoms in total. The standard InChI is InChI=1S/C9H18N2O2/c1-8(10-4-7-12)9(13)11-5-2-3-6-11/h8,10,12H,2-7H2,1H3. The van der Waals surface area contributed by atoms with E-state index in [9.17, 15) is 4.79 Å². The van der Waals surface area contributed by atoms with Crippen molar-refractivity contribution in [2.75, 3.05) is 26.2 Å². The average molecular weight is 186 g/mol. The lowest BCUT2D eigenvalue weighted by Crippen LogP contribution is -2.44. The number of nitrogens with zero attached hydrogens (tertiary/aromatic N) is 1. The van der Waals surface area contributed by atoms with E-state index in [2.05, 4.69) is 5.32 Å². The Balaban J connectivity index is 2.28. The van der Waals surface area contributed by atoms with Gasteiger partial charge in [0, 0.05) is 19.6 Å². The Kier molecular flexibility index (Phi) is 4.18. The van der Waals surface area contributed by atoms with Gasteiger partial charge >= 0.3 is 0 Å². The highest BCUT2D eigenvalue weighted by molar-refractivity contribution is 5.81. The van der Waals surface area contributed by atoms with Gasteiger partial charge in [-0.3, -0.25) is 4.79 Å². The van der Waals surface area contributed by atoms with Crippen molar-refractivity contribution in [3.8, 4) is 0 Å². The van der Waals surface area contributed by atoms with E-state index in [0.29, 0.717) is 6.54 Å². The van der Waals surface area contributed by atoms with E-state index in [-0.39, 0.29) is 18.6 Å². The van der Waals surface area contributed by atoms with Crippen molar-refractivity contribution >= 4 is 5.91 Å². The monoisotopic (exact) mass is 186 g/mol. The number of aliphatic hydroxyl groups excluding tert-OH is 1. The number of hydrogen-bond acceptors (Lipinski definition) is 3. The highest BCUT2D eigenvalue weighted by atomic mass is 16.3.